The van der Waals surface area contributed by atoms with E-state index in [1.165, 1.54) is 0 Å². The van der Waals surface area contributed by atoms with E-state index in [4.69, 9.17) is 0 Å². The second-order valence-corrected chi connectivity index (χ2v) is 6.40. The lowest BCUT2D eigenvalue weighted by Crippen LogP contribution is -2.26. The molecule has 0 unspecified atom stereocenters. The van der Waals surface area contributed by atoms with Crippen LogP contribution in [0.15, 0.2) is 48.5 Å². The van der Waals surface area contributed by atoms with E-state index in [-0.39, 0.29) is 11.8 Å². The standard InChI is InChI=1S/C20H20N4O2/c25-19-6-3-13-24(19)15-9-7-14(8-10-15)20(26)21-12-11-18-22-16-4-1-2-5-17(16)23-18/h1-2,4-5,7-10H,3,6,11-13H2,(H,21,26)(H,22,23). The van der Waals surface area contributed by atoms with E-state index in [0.717, 1.165) is 35.5 Å². The number of rotatable bonds is 5. The van der Waals surface area contributed by atoms with Gasteiger partial charge in [-0.1, -0.05) is 12.1 Å². The lowest BCUT2D eigenvalue weighted by Gasteiger charge is -2.15. The number of nitrogens with one attached hydrogen (secondary N) is 2. The number of hydrogen-bond donors (Lipinski definition) is 2. The van der Waals surface area contributed by atoms with Gasteiger partial charge in [0.05, 0.1) is 11.0 Å². The van der Waals surface area contributed by atoms with E-state index in [1.807, 2.05) is 36.4 Å². The summed E-state index contributed by atoms with van der Waals surface area (Å²) in [7, 11) is 0. The van der Waals surface area contributed by atoms with Crippen LogP contribution in [0, 0.1) is 0 Å². The van der Waals surface area contributed by atoms with Crippen molar-refractivity contribution < 1.29 is 9.59 Å². The van der Waals surface area contributed by atoms with Gasteiger partial charge >= 0.3 is 0 Å². The molecular weight excluding hydrogens is 328 g/mol. The van der Waals surface area contributed by atoms with Gasteiger partial charge in [-0.25, -0.2) is 4.98 Å². The van der Waals surface area contributed by atoms with E-state index in [0.29, 0.717) is 24.9 Å². The smallest absolute Gasteiger partial charge is 0.251 e. The molecule has 1 fully saturated rings. The monoisotopic (exact) mass is 348 g/mol. The number of fused-ring (bicyclic) bond motifs is 1. The molecular formula is C20H20N4O2. The third-order valence-electron chi connectivity index (χ3n) is 4.60. The average molecular weight is 348 g/mol. The summed E-state index contributed by atoms with van der Waals surface area (Å²) in [6, 6.07) is 15.0. The second-order valence-electron chi connectivity index (χ2n) is 6.40. The Morgan fingerprint density at radius 2 is 1.96 bits per heavy atom. The molecule has 2 aromatic carbocycles. The molecule has 0 bridgehead atoms. The van der Waals surface area contributed by atoms with Crippen molar-refractivity contribution in [2.45, 2.75) is 19.3 Å². The molecule has 6 heteroatoms. The lowest BCUT2D eigenvalue weighted by molar-refractivity contribution is -0.117. The molecule has 1 aliphatic heterocycles. The first kappa shape index (κ1) is 16.3. The van der Waals surface area contributed by atoms with Crippen molar-refractivity contribution in [2.24, 2.45) is 0 Å². The first-order valence-electron chi connectivity index (χ1n) is 8.83. The zero-order chi connectivity index (χ0) is 17.9. The van der Waals surface area contributed by atoms with Crippen LogP contribution in [0.3, 0.4) is 0 Å². The SMILES string of the molecule is O=C(NCCc1nc2ccccc2[nH]1)c1ccc(N2CCCC2=O)cc1. The molecule has 2 heterocycles. The molecule has 26 heavy (non-hydrogen) atoms. The summed E-state index contributed by atoms with van der Waals surface area (Å²) in [5, 5.41) is 2.91. The number of carbonyl (C=O) groups is 2. The fourth-order valence-corrected chi connectivity index (χ4v) is 3.23. The van der Waals surface area contributed by atoms with Gasteiger partial charge in [0.15, 0.2) is 0 Å². The van der Waals surface area contributed by atoms with Gasteiger partial charge in [0, 0.05) is 37.2 Å². The summed E-state index contributed by atoms with van der Waals surface area (Å²) in [6.07, 6.45) is 2.13. The van der Waals surface area contributed by atoms with Crippen molar-refractivity contribution in [3.8, 4) is 0 Å². The molecule has 4 rings (SSSR count). The Bertz CT molecular complexity index is 913. The van der Waals surface area contributed by atoms with Crippen LogP contribution >= 0.6 is 0 Å². The Hall–Kier alpha value is -3.15. The molecule has 1 saturated heterocycles. The molecule has 6 nitrogen and oxygen atoms in total. The molecule has 0 aliphatic carbocycles. The van der Waals surface area contributed by atoms with Crippen LogP contribution in [0.4, 0.5) is 5.69 Å². The molecule has 1 aromatic heterocycles. The molecule has 3 aromatic rings. The minimum absolute atomic E-state index is 0.125. The van der Waals surface area contributed by atoms with E-state index >= 15 is 0 Å². The Morgan fingerprint density at radius 1 is 1.15 bits per heavy atom. The van der Waals surface area contributed by atoms with E-state index < -0.39 is 0 Å². The summed E-state index contributed by atoms with van der Waals surface area (Å²) in [5.41, 5.74) is 3.37. The Kier molecular flexibility index (Phi) is 4.39. The molecule has 2 N–H and O–H groups in total. The van der Waals surface area contributed by atoms with Crippen LogP contribution in [0.1, 0.15) is 29.0 Å². The van der Waals surface area contributed by atoms with Crippen molar-refractivity contribution >= 4 is 28.5 Å². The van der Waals surface area contributed by atoms with Gasteiger partial charge in [0.25, 0.3) is 5.91 Å². The number of aromatic nitrogens is 2. The second kappa shape index (κ2) is 7.00. The normalized spacial score (nSPS) is 14.2. The molecule has 2 amide bonds. The van der Waals surface area contributed by atoms with Crippen molar-refractivity contribution in [3.63, 3.8) is 0 Å². The van der Waals surface area contributed by atoms with Crippen LogP contribution in [-0.2, 0) is 11.2 Å². The highest BCUT2D eigenvalue weighted by atomic mass is 16.2. The topological polar surface area (TPSA) is 78.1 Å². The van der Waals surface area contributed by atoms with Crippen LogP contribution in [0.25, 0.3) is 11.0 Å². The van der Waals surface area contributed by atoms with Crippen molar-refractivity contribution in [2.75, 3.05) is 18.0 Å². The highest BCUT2D eigenvalue weighted by Gasteiger charge is 2.21. The highest BCUT2D eigenvalue weighted by molar-refractivity contribution is 5.97. The first-order chi connectivity index (χ1) is 12.7. The predicted octanol–water partition coefficient (Wildman–Crippen LogP) is 2.66. The zero-order valence-electron chi connectivity index (χ0n) is 14.4. The van der Waals surface area contributed by atoms with Crippen molar-refractivity contribution in [1.29, 1.82) is 0 Å². The van der Waals surface area contributed by atoms with Gasteiger partial charge in [-0.15, -0.1) is 0 Å². The minimum Gasteiger partial charge on any atom is -0.352 e. The Balaban J connectivity index is 1.33. The van der Waals surface area contributed by atoms with Gasteiger partial charge in [-0.3, -0.25) is 9.59 Å². The van der Waals surface area contributed by atoms with E-state index in [9.17, 15) is 9.59 Å². The Morgan fingerprint density at radius 3 is 2.69 bits per heavy atom. The lowest BCUT2D eigenvalue weighted by atomic mass is 10.2. The molecule has 1 aliphatic rings. The minimum atomic E-state index is -0.125. The van der Waals surface area contributed by atoms with Crippen molar-refractivity contribution in [1.82, 2.24) is 15.3 Å². The summed E-state index contributed by atoms with van der Waals surface area (Å²) >= 11 is 0. The van der Waals surface area contributed by atoms with Crippen LogP contribution in [0.5, 0.6) is 0 Å². The fraction of sp³-hybridized carbons (Fsp3) is 0.250. The number of para-hydroxylation sites is 2. The molecule has 0 spiro atoms. The summed E-state index contributed by atoms with van der Waals surface area (Å²) < 4.78 is 0. The van der Waals surface area contributed by atoms with E-state index in [2.05, 4.69) is 15.3 Å². The highest BCUT2D eigenvalue weighted by Crippen LogP contribution is 2.21. The van der Waals surface area contributed by atoms with Crippen LogP contribution in [-0.4, -0.2) is 34.9 Å². The predicted molar refractivity (Wildman–Crippen MR) is 100 cm³/mol. The van der Waals surface area contributed by atoms with E-state index in [1.54, 1.807) is 17.0 Å². The van der Waals surface area contributed by atoms with Gasteiger partial charge in [0.1, 0.15) is 5.82 Å². The Labute approximate surface area is 151 Å². The van der Waals surface area contributed by atoms with Crippen LogP contribution in [0.2, 0.25) is 0 Å². The number of H-pyrrole nitrogens is 1. The quantitative estimate of drug-likeness (QED) is 0.744. The summed E-state index contributed by atoms with van der Waals surface area (Å²) in [4.78, 5) is 33.6. The maximum absolute atomic E-state index is 12.3. The van der Waals surface area contributed by atoms with Gasteiger partial charge in [0.2, 0.25) is 5.91 Å². The number of imidazole rings is 1. The summed E-state index contributed by atoms with van der Waals surface area (Å²) in [5.74, 6) is 0.878. The summed E-state index contributed by atoms with van der Waals surface area (Å²) in [6.45, 7) is 1.26. The number of benzene rings is 2. The number of carbonyl (C=O) groups excluding carboxylic acids is 2. The zero-order valence-corrected chi connectivity index (χ0v) is 14.4. The van der Waals surface area contributed by atoms with Crippen molar-refractivity contribution in [3.05, 3.63) is 59.9 Å². The van der Waals surface area contributed by atoms with Gasteiger partial charge in [-0.05, 0) is 42.8 Å². The molecule has 0 saturated carbocycles. The average Bonchev–Trinajstić information content (AvgIpc) is 3.27. The number of aromatic amines is 1. The maximum atomic E-state index is 12.3. The largest absolute Gasteiger partial charge is 0.352 e. The third kappa shape index (κ3) is 3.31. The first-order valence-corrected chi connectivity index (χ1v) is 8.83. The fourth-order valence-electron chi connectivity index (χ4n) is 3.23. The third-order valence-corrected chi connectivity index (χ3v) is 4.60. The van der Waals surface area contributed by atoms with Gasteiger partial charge in [-0.2, -0.15) is 0 Å². The molecule has 0 atom stereocenters. The number of anilines is 1. The molecule has 0 radical (unpaired) electrons. The molecule has 132 valence electrons. The maximum Gasteiger partial charge on any atom is 0.251 e. The number of hydrogen-bond acceptors (Lipinski definition) is 3. The number of amides is 2. The van der Waals surface area contributed by atoms with Crippen LogP contribution < -0.4 is 10.2 Å². The van der Waals surface area contributed by atoms with Gasteiger partial charge < -0.3 is 15.2 Å². The number of nitrogens with zero attached hydrogens (tertiary/aromatic N) is 2.